The van der Waals surface area contributed by atoms with Crippen molar-refractivity contribution < 1.29 is 23.5 Å². The summed E-state index contributed by atoms with van der Waals surface area (Å²) in [7, 11) is 1.54. The van der Waals surface area contributed by atoms with Crippen LogP contribution in [0.3, 0.4) is 0 Å². The molecule has 0 saturated carbocycles. The number of ether oxygens (including phenoxy) is 1. The first-order valence-corrected chi connectivity index (χ1v) is 9.23. The molecule has 144 valence electrons. The van der Waals surface area contributed by atoms with E-state index >= 15 is 0 Å². The van der Waals surface area contributed by atoms with Crippen LogP contribution < -0.4 is 10.1 Å². The molecule has 1 heterocycles. The van der Waals surface area contributed by atoms with Gasteiger partial charge in [-0.2, -0.15) is 0 Å². The second-order valence-electron chi connectivity index (χ2n) is 5.87. The molecule has 2 aromatic rings. The van der Waals surface area contributed by atoms with Crippen LogP contribution >= 0.6 is 11.8 Å². The smallest absolute Gasteiger partial charge is 0.293 e. The Kier molecular flexibility index (Phi) is 6.10. The molecule has 3 amide bonds. The van der Waals surface area contributed by atoms with E-state index in [2.05, 4.69) is 5.32 Å². The first-order valence-electron chi connectivity index (χ1n) is 8.41. The number of nitrogens with zero attached hydrogens (tertiary/aromatic N) is 1. The summed E-state index contributed by atoms with van der Waals surface area (Å²) >= 11 is 0.818. The second kappa shape index (κ2) is 8.71. The lowest BCUT2D eigenvalue weighted by molar-refractivity contribution is -0.122. The van der Waals surface area contributed by atoms with Crippen molar-refractivity contribution in [3.05, 3.63) is 70.4 Å². The van der Waals surface area contributed by atoms with E-state index in [4.69, 9.17) is 4.74 Å². The average molecular weight is 400 g/mol. The molecule has 1 fully saturated rings. The number of hydrogen-bond acceptors (Lipinski definition) is 5. The summed E-state index contributed by atoms with van der Waals surface area (Å²) in [5.41, 5.74) is 1.07. The summed E-state index contributed by atoms with van der Waals surface area (Å²) in [5, 5.41) is 2.27. The van der Waals surface area contributed by atoms with Crippen molar-refractivity contribution in [2.75, 3.05) is 20.2 Å². The van der Waals surface area contributed by atoms with Crippen LogP contribution in [0.4, 0.5) is 9.18 Å². The Hall–Kier alpha value is -3.13. The number of methoxy groups -OCH3 is 1. The normalized spacial score (nSPS) is 15.2. The molecule has 1 aliphatic rings. The van der Waals surface area contributed by atoms with E-state index in [9.17, 15) is 18.8 Å². The zero-order valence-corrected chi connectivity index (χ0v) is 15.8. The fourth-order valence-electron chi connectivity index (χ4n) is 2.53. The number of nitrogens with one attached hydrogen (secondary N) is 1. The summed E-state index contributed by atoms with van der Waals surface area (Å²) in [6.45, 7) is 0.194. The molecule has 28 heavy (non-hydrogen) atoms. The van der Waals surface area contributed by atoms with Crippen molar-refractivity contribution in [2.45, 2.75) is 0 Å². The summed E-state index contributed by atoms with van der Waals surface area (Å²) < 4.78 is 18.0. The lowest BCUT2D eigenvalue weighted by atomic mass is 10.2. The average Bonchev–Trinajstić information content (AvgIpc) is 2.97. The van der Waals surface area contributed by atoms with Gasteiger partial charge in [-0.3, -0.25) is 19.3 Å². The number of imide groups is 1. The van der Waals surface area contributed by atoms with Gasteiger partial charge in [0, 0.05) is 18.7 Å². The minimum absolute atomic E-state index is 0.0628. The van der Waals surface area contributed by atoms with Gasteiger partial charge in [0.15, 0.2) is 0 Å². The van der Waals surface area contributed by atoms with Crippen molar-refractivity contribution >= 4 is 34.9 Å². The molecular weight excluding hydrogens is 383 g/mol. The van der Waals surface area contributed by atoms with Gasteiger partial charge in [0.05, 0.1) is 12.0 Å². The highest BCUT2D eigenvalue weighted by molar-refractivity contribution is 8.18. The second-order valence-corrected chi connectivity index (χ2v) is 6.86. The maximum atomic E-state index is 13.0. The van der Waals surface area contributed by atoms with Gasteiger partial charge in [-0.15, -0.1) is 0 Å². The molecule has 1 saturated heterocycles. The van der Waals surface area contributed by atoms with Crippen LogP contribution in [0.25, 0.3) is 6.08 Å². The zero-order chi connectivity index (χ0) is 20.1. The zero-order valence-electron chi connectivity index (χ0n) is 15.0. The predicted molar refractivity (Wildman–Crippen MR) is 104 cm³/mol. The van der Waals surface area contributed by atoms with Crippen LogP contribution in [0.5, 0.6) is 5.75 Å². The van der Waals surface area contributed by atoms with Gasteiger partial charge in [0.1, 0.15) is 11.6 Å². The van der Waals surface area contributed by atoms with E-state index in [1.807, 2.05) is 0 Å². The van der Waals surface area contributed by atoms with Crippen LogP contribution in [0.15, 0.2) is 53.4 Å². The fraction of sp³-hybridized carbons (Fsp3) is 0.150. The van der Waals surface area contributed by atoms with E-state index in [0.717, 1.165) is 16.7 Å². The van der Waals surface area contributed by atoms with Gasteiger partial charge >= 0.3 is 0 Å². The Bertz CT molecular complexity index is 926. The van der Waals surface area contributed by atoms with E-state index < -0.39 is 11.1 Å². The van der Waals surface area contributed by atoms with Crippen molar-refractivity contribution in [1.82, 2.24) is 10.2 Å². The minimum Gasteiger partial charge on any atom is -0.497 e. The molecule has 0 atom stereocenters. The maximum Gasteiger partial charge on any atom is 0.293 e. The number of benzene rings is 2. The Morgan fingerprint density at radius 1 is 1.14 bits per heavy atom. The van der Waals surface area contributed by atoms with Crippen LogP contribution in [-0.4, -0.2) is 42.2 Å². The molecule has 0 spiro atoms. The quantitative estimate of drug-likeness (QED) is 0.753. The number of amides is 3. The van der Waals surface area contributed by atoms with Gasteiger partial charge in [-0.05, 0) is 59.8 Å². The van der Waals surface area contributed by atoms with Gasteiger partial charge in [0.2, 0.25) is 0 Å². The molecule has 0 radical (unpaired) electrons. The number of rotatable bonds is 6. The van der Waals surface area contributed by atoms with Crippen molar-refractivity contribution in [1.29, 1.82) is 0 Å². The molecule has 6 nitrogen and oxygen atoms in total. The van der Waals surface area contributed by atoms with E-state index in [0.29, 0.717) is 16.9 Å². The number of carbonyl (C=O) groups is 3. The Morgan fingerprint density at radius 3 is 2.46 bits per heavy atom. The third kappa shape index (κ3) is 4.58. The summed E-state index contributed by atoms with van der Waals surface area (Å²) in [6, 6.07) is 12.2. The van der Waals surface area contributed by atoms with Crippen molar-refractivity contribution in [2.24, 2.45) is 0 Å². The maximum absolute atomic E-state index is 13.0. The number of thioether (sulfide) groups is 1. The Morgan fingerprint density at radius 2 is 1.82 bits per heavy atom. The third-order valence-electron chi connectivity index (χ3n) is 4.01. The van der Waals surface area contributed by atoms with Crippen LogP contribution in [-0.2, 0) is 4.79 Å². The minimum atomic E-state index is -0.432. The first kappa shape index (κ1) is 19.6. The molecular formula is C20H17FN2O4S. The summed E-state index contributed by atoms with van der Waals surface area (Å²) in [6.07, 6.45) is 1.54. The monoisotopic (exact) mass is 400 g/mol. The summed E-state index contributed by atoms with van der Waals surface area (Å²) in [5.74, 6) is -0.477. The first-order chi connectivity index (χ1) is 13.5. The molecule has 2 aromatic carbocycles. The van der Waals surface area contributed by atoms with E-state index in [-0.39, 0.29) is 29.7 Å². The highest BCUT2D eigenvalue weighted by Crippen LogP contribution is 2.31. The molecule has 0 bridgehead atoms. The van der Waals surface area contributed by atoms with Crippen LogP contribution in [0, 0.1) is 5.82 Å². The highest BCUT2D eigenvalue weighted by atomic mass is 32.2. The molecule has 0 aliphatic carbocycles. The molecule has 0 aromatic heterocycles. The van der Waals surface area contributed by atoms with Gasteiger partial charge in [0.25, 0.3) is 17.1 Å². The fourth-order valence-corrected chi connectivity index (χ4v) is 3.39. The standard InChI is InChI=1S/C20H17FN2O4S/c1-27-16-8-4-14(5-9-16)18(24)22-10-11-23-19(25)17(28-20(23)26)12-13-2-6-15(21)7-3-13/h2-9,12H,10-11H2,1H3,(H,22,24)/b17-12-. The van der Waals surface area contributed by atoms with Crippen LogP contribution in [0.2, 0.25) is 0 Å². The van der Waals surface area contributed by atoms with Gasteiger partial charge < -0.3 is 10.1 Å². The Labute approximate surface area is 165 Å². The molecule has 3 rings (SSSR count). The summed E-state index contributed by atoms with van der Waals surface area (Å²) in [4.78, 5) is 38.0. The largest absolute Gasteiger partial charge is 0.497 e. The van der Waals surface area contributed by atoms with E-state index in [1.54, 1.807) is 30.3 Å². The SMILES string of the molecule is COc1ccc(C(=O)NCCN2C(=O)S/C(=C\c3ccc(F)cc3)C2=O)cc1. The van der Waals surface area contributed by atoms with Crippen molar-refractivity contribution in [3.8, 4) is 5.75 Å². The number of carbonyl (C=O) groups excluding carboxylic acids is 3. The lowest BCUT2D eigenvalue weighted by Crippen LogP contribution is -2.37. The van der Waals surface area contributed by atoms with Gasteiger partial charge in [-0.1, -0.05) is 12.1 Å². The van der Waals surface area contributed by atoms with Crippen LogP contribution in [0.1, 0.15) is 15.9 Å². The molecule has 8 heteroatoms. The third-order valence-corrected chi connectivity index (χ3v) is 4.92. The topological polar surface area (TPSA) is 75.7 Å². The van der Waals surface area contributed by atoms with Gasteiger partial charge in [-0.25, -0.2) is 4.39 Å². The Balaban J connectivity index is 1.57. The van der Waals surface area contributed by atoms with Crippen molar-refractivity contribution in [3.63, 3.8) is 0 Å². The molecule has 0 unspecified atom stereocenters. The predicted octanol–water partition coefficient (Wildman–Crippen LogP) is 3.30. The molecule has 1 N–H and O–H groups in total. The lowest BCUT2D eigenvalue weighted by Gasteiger charge is -2.13. The molecule has 1 aliphatic heterocycles. The van der Waals surface area contributed by atoms with E-state index in [1.165, 1.54) is 31.4 Å². The highest BCUT2D eigenvalue weighted by Gasteiger charge is 2.34. The number of hydrogen-bond donors (Lipinski definition) is 1. The number of halogens is 1.